The molecular formula is C13H18N2O2. The van der Waals surface area contributed by atoms with Crippen molar-refractivity contribution in [1.82, 2.24) is 9.88 Å². The Morgan fingerprint density at radius 2 is 2.06 bits per heavy atom. The molecule has 0 aliphatic carbocycles. The van der Waals surface area contributed by atoms with Crippen LogP contribution in [-0.2, 0) is 5.41 Å². The van der Waals surface area contributed by atoms with Crippen molar-refractivity contribution in [2.75, 3.05) is 13.1 Å². The lowest BCUT2D eigenvalue weighted by Gasteiger charge is -2.37. The number of nitrogens with zero attached hydrogens (tertiary/aromatic N) is 2. The summed E-state index contributed by atoms with van der Waals surface area (Å²) < 4.78 is 0. The Morgan fingerprint density at radius 1 is 1.41 bits per heavy atom. The van der Waals surface area contributed by atoms with Crippen molar-refractivity contribution in [3.8, 4) is 0 Å². The summed E-state index contributed by atoms with van der Waals surface area (Å²) in [6, 6.07) is 4.11. The largest absolute Gasteiger partial charge is 0.465 e. The highest BCUT2D eigenvalue weighted by atomic mass is 16.4. The molecule has 0 unspecified atom stereocenters. The maximum Gasteiger partial charge on any atom is 0.407 e. The fourth-order valence-electron chi connectivity index (χ4n) is 1.94. The van der Waals surface area contributed by atoms with Gasteiger partial charge in [0.25, 0.3) is 0 Å². The second-order valence-electron chi connectivity index (χ2n) is 5.61. The van der Waals surface area contributed by atoms with Gasteiger partial charge in [-0.15, -0.1) is 0 Å². The summed E-state index contributed by atoms with van der Waals surface area (Å²) in [5.41, 5.74) is 2.26. The molecule has 1 aliphatic rings. The summed E-state index contributed by atoms with van der Waals surface area (Å²) in [4.78, 5) is 16.5. The maximum atomic E-state index is 10.7. The molecule has 1 aliphatic heterocycles. The van der Waals surface area contributed by atoms with Gasteiger partial charge in [-0.25, -0.2) is 4.79 Å². The molecule has 1 saturated heterocycles. The van der Waals surface area contributed by atoms with Gasteiger partial charge in [0.1, 0.15) is 0 Å². The number of pyridine rings is 1. The zero-order valence-corrected chi connectivity index (χ0v) is 10.5. The first-order valence-electron chi connectivity index (χ1n) is 5.82. The zero-order valence-electron chi connectivity index (χ0n) is 10.5. The fraction of sp³-hybridized carbons (Fsp3) is 0.538. The molecule has 0 radical (unpaired) electrons. The number of aromatic nitrogens is 1. The van der Waals surface area contributed by atoms with Crippen LogP contribution < -0.4 is 0 Å². The molecule has 4 heteroatoms. The van der Waals surface area contributed by atoms with E-state index in [4.69, 9.17) is 5.11 Å². The molecule has 0 aromatic carbocycles. The van der Waals surface area contributed by atoms with Crippen LogP contribution in [0.1, 0.15) is 37.9 Å². The molecule has 0 bridgehead atoms. The van der Waals surface area contributed by atoms with E-state index in [1.54, 1.807) is 0 Å². The Labute approximate surface area is 101 Å². The van der Waals surface area contributed by atoms with E-state index >= 15 is 0 Å². The van der Waals surface area contributed by atoms with Gasteiger partial charge in [0.2, 0.25) is 0 Å². The number of hydrogen-bond acceptors (Lipinski definition) is 2. The van der Waals surface area contributed by atoms with E-state index in [1.165, 1.54) is 4.90 Å². The molecule has 1 fully saturated rings. The third-order valence-electron chi connectivity index (χ3n) is 3.18. The molecule has 1 aromatic heterocycles. The molecule has 2 rings (SSSR count). The van der Waals surface area contributed by atoms with Gasteiger partial charge in [-0.05, 0) is 11.6 Å². The van der Waals surface area contributed by atoms with Gasteiger partial charge in [0.05, 0.1) is 0 Å². The van der Waals surface area contributed by atoms with Gasteiger partial charge in [-0.3, -0.25) is 4.98 Å². The Balaban J connectivity index is 2.03. The Morgan fingerprint density at radius 3 is 2.47 bits per heavy atom. The molecule has 17 heavy (non-hydrogen) atoms. The van der Waals surface area contributed by atoms with Crippen molar-refractivity contribution in [2.24, 2.45) is 0 Å². The minimum absolute atomic E-state index is 0.0608. The second kappa shape index (κ2) is 4.02. The lowest BCUT2D eigenvalue weighted by molar-refractivity contribution is 0.105. The lowest BCUT2D eigenvalue weighted by Crippen LogP contribution is -2.47. The number of carbonyl (C=O) groups is 1. The number of likely N-dealkylation sites (tertiary alicyclic amines) is 1. The summed E-state index contributed by atoms with van der Waals surface area (Å²) in [6.45, 7) is 7.57. The molecule has 92 valence electrons. The highest BCUT2D eigenvalue weighted by Gasteiger charge is 2.31. The van der Waals surface area contributed by atoms with Gasteiger partial charge in [-0.2, -0.15) is 0 Å². The highest BCUT2D eigenvalue weighted by molar-refractivity contribution is 5.66. The van der Waals surface area contributed by atoms with Crippen LogP contribution in [0.25, 0.3) is 0 Å². The average molecular weight is 234 g/mol. The van der Waals surface area contributed by atoms with Crippen LogP contribution in [0.3, 0.4) is 0 Å². The summed E-state index contributed by atoms with van der Waals surface area (Å²) >= 11 is 0. The van der Waals surface area contributed by atoms with Gasteiger partial charge in [0.15, 0.2) is 0 Å². The summed E-state index contributed by atoms with van der Waals surface area (Å²) in [5.74, 6) is 0.313. The normalized spacial score (nSPS) is 16.8. The standard InChI is InChI=1S/C13H18N2O2/c1-13(2,3)11-5-4-9(6-14-11)10-7-15(8-10)12(16)17/h4-6,10H,7-8H2,1-3H3,(H,16,17). The average Bonchev–Trinajstić information content (AvgIpc) is 2.14. The second-order valence-corrected chi connectivity index (χ2v) is 5.61. The van der Waals surface area contributed by atoms with E-state index in [0.717, 1.165) is 11.3 Å². The van der Waals surface area contributed by atoms with Crippen molar-refractivity contribution in [1.29, 1.82) is 0 Å². The molecule has 0 atom stereocenters. The lowest BCUT2D eigenvalue weighted by atomic mass is 9.89. The number of amides is 1. The maximum absolute atomic E-state index is 10.7. The van der Waals surface area contributed by atoms with E-state index in [1.807, 2.05) is 12.3 Å². The van der Waals surface area contributed by atoms with Gasteiger partial charge in [-0.1, -0.05) is 26.8 Å². The topological polar surface area (TPSA) is 53.4 Å². The van der Waals surface area contributed by atoms with Crippen LogP contribution in [0, 0.1) is 0 Å². The first-order chi connectivity index (χ1) is 7.88. The van der Waals surface area contributed by atoms with Crippen molar-refractivity contribution in [3.05, 3.63) is 29.6 Å². The molecule has 0 saturated carbocycles. The molecule has 1 amide bonds. The molecular weight excluding hydrogens is 216 g/mol. The minimum atomic E-state index is -0.833. The Kier molecular flexibility index (Phi) is 2.81. The fourth-order valence-corrected chi connectivity index (χ4v) is 1.94. The van der Waals surface area contributed by atoms with E-state index < -0.39 is 6.09 Å². The zero-order chi connectivity index (χ0) is 12.6. The van der Waals surface area contributed by atoms with E-state index in [0.29, 0.717) is 19.0 Å². The van der Waals surface area contributed by atoms with Crippen LogP contribution in [-0.4, -0.2) is 34.2 Å². The molecule has 2 heterocycles. The Bertz CT molecular complexity index is 414. The smallest absolute Gasteiger partial charge is 0.407 e. The highest BCUT2D eigenvalue weighted by Crippen LogP contribution is 2.28. The summed E-state index contributed by atoms with van der Waals surface area (Å²) in [5, 5.41) is 8.76. The van der Waals surface area contributed by atoms with Crippen LogP contribution in [0.4, 0.5) is 4.79 Å². The quantitative estimate of drug-likeness (QED) is 0.812. The molecule has 1 N–H and O–H groups in total. The predicted molar refractivity (Wildman–Crippen MR) is 65.3 cm³/mol. The van der Waals surface area contributed by atoms with Gasteiger partial charge >= 0.3 is 6.09 Å². The van der Waals surface area contributed by atoms with E-state index in [9.17, 15) is 4.79 Å². The van der Waals surface area contributed by atoms with Crippen LogP contribution in [0.2, 0.25) is 0 Å². The van der Waals surface area contributed by atoms with E-state index in [2.05, 4.69) is 31.8 Å². The summed E-state index contributed by atoms with van der Waals surface area (Å²) in [7, 11) is 0. The minimum Gasteiger partial charge on any atom is -0.465 e. The number of rotatable bonds is 1. The SMILES string of the molecule is CC(C)(C)c1ccc(C2CN(C(=O)O)C2)cn1. The third kappa shape index (κ3) is 2.40. The van der Waals surface area contributed by atoms with Crippen LogP contribution in [0.15, 0.2) is 18.3 Å². The predicted octanol–water partition coefficient (Wildman–Crippen LogP) is 2.46. The monoisotopic (exact) mass is 234 g/mol. The van der Waals surface area contributed by atoms with Crippen LogP contribution in [0.5, 0.6) is 0 Å². The van der Waals surface area contributed by atoms with Gasteiger partial charge < -0.3 is 10.0 Å². The molecule has 4 nitrogen and oxygen atoms in total. The first-order valence-corrected chi connectivity index (χ1v) is 5.82. The van der Waals surface area contributed by atoms with Crippen molar-refractivity contribution < 1.29 is 9.90 Å². The van der Waals surface area contributed by atoms with Gasteiger partial charge in [0, 0.05) is 36.3 Å². The molecule has 1 aromatic rings. The van der Waals surface area contributed by atoms with Crippen molar-refractivity contribution in [2.45, 2.75) is 32.1 Å². The Hall–Kier alpha value is -1.58. The molecule has 0 spiro atoms. The van der Waals surface area contributed by atoms with Crippen molar-refractivity contribution >= 4 is 6.09 Å². The van der Waals surface area contributed by atoms with Crippen molar-refractivity contribution in [3.63, 3.8) is 0 Å². The number of hydrogen-bond donors (Lipinski definition) is 1. The summed E-state index contributed by atoms with van der Waals surface area (Å²) in [6.07, 6.45) is 1.05. The third-order valence-corrected chi connectivity index (χ3v) is 3.18. The first kappa shape index (κ1) is 11.9. The number of carboxylic acid groups (broad SMARTS) is 1. The van der Waals surface area contributed by atoms with E-state index in [-0.39, 0.29) is 5.41 Å². The van der Waals surface area contributed by atoms with Crippen LogP contribution >= 0.6 is 0 Å².